The van der Waals surface area contributed by atoms with Gasteiger partial charge in [-0.3, -0.25) is 0 Å². The van der Waals surface area contributed by atoms with Crippen LogP contribution in [0.15, 0.2) is 12.4 Å². The third-order valence-corrected chi connectivity index (χ3v) is 3.10. The summed E-state index contributed by atoms with van der Waals surface area (Å²) >= 11 is 0. The molecule has 1 aromatic heterocycles. The van der Waals surface area contributed by atoms with Gasteiger partial charge >= 0.3 is 0 Å². The highest BCUT2D eigenvalue weighted by Gasteiger charge is 2.37. The molecule has 0 bridgehead atoms. The number of halogens is 2. The summed E-state index contributed by atoms with van der Waals surface area (Å²) in [5, 5.41) is 0. The maximum absolute atomic E-state index is 12.9. The van der Waals surface area contributed by atoms with Crippen LogP contribution in [-0.4, -0.2) is 15.9 Å². The average Bonchev–Trinajstić information content (AvgIpc) is 2.69. The minimum Gasteiger partial charge on any atom is -0.347 e. The quantitative estimate of drug-likeness (QED) is 0.794. The van der Waals surface area contributed by atoms with Crippen LogP contribution in [0.4, 0.5) is 8.78 Å². The van der Waals surface area contributed by atoms with Crippen molar-refractivity contribution in [3.63, 3.8) is 0 Å². The Morgan fingerprint density at radius 3 is 2.67 bits per heavy atom. The van der Waals surface area contributed by atoms with Crippen molar-refractivity contribution in [3.8, 4) is 0 Å². The molecule has 0 saturated heterocycles. The molecule has 2 rings (SSSR count). The van der Waals surface area contributed by atoms with Crippen molar-refractivity contribution in [2.45, 2.75) is 37.6 Å². The first-order chi connectivity index (χ1) is 7.08. The Kier molecular flexibility index (Phi) is 2.73. The first kappa shape index (κ1) is 10.5. The van der Waals surface area contributed by atoms with Gasteiger partial charge < -0.3 is 10.7 Å². The smallest absolute Gasteiger partial charge is 0.248 e. The SMILES string of the molecule is N[C@H](c1ncc[nH]1)C1CCC(F)(F)CC1. The molecule has 1 aromatic rings. The molecule has 1 aliphatic rings. The van der Waals surface area contributed by atoms with Crippen molar-refractivity contribution in [2.75, 3.05) is 0 Å². The first-order valence-electron chi connectivity index (χ1n) is 5.21. The Hall–Kier alpha value is -0.970. The molecule has 15 heavy (non-hydrogen) atoms. The van der Waals surface area contributed by atoms with Crippen molar-refractivity contribution in [1.29, 1.82) is 0 Å². The highest BCUT2D eigenvalue weighted by molar-refractivity contribution is 4.98. The van der Waals surface area contributed by atoms with Gasteiger partial charge in [0.25, 0.3) is 0 Å². The first-order valence-corrected chi connectivity index (χ1v) is 5.21. The second kappa shape index (κ2) is 3.89. The van der Waals surface area contributed by atoms with E-state index in [1.165, 1.54) is 0 Å². The van der Waals surface area contributed by atoms with Crippen LogP contribution in [0.3, 0.4) is 0 Å². The van der Waals surface area contributed by atoms with E-state index in [1.807, 2.05) is 0 Å². The second-order valence-corrected chi connectivity index (χ2v) is 4.19. The fourth-order valence-corrected chi connectivity index (χ4v) is 2.10. The van der Waals surface area contributed by atoms with E-state index in [1.54, 1.807) is 12.4 Å². The van der Waals surface area contributed by atoms with Crippen LogP contribution in [0.1, 0.15) is 37.5 Å². The average molecular weight is 215 g/mol. The zero-order valence-electron chi connectivity index (χ0n) is 8.42. The van der Waals surface area contributed by atoms with E-state index in [0.29, 0.717) is 18.7 Å². The Balaban J connectivity index is 1.96. The predicted molar refractivity (Wildman–Crippen MR) is 52.4 cm³/mol. The van der Waals surface area contributed by atoms with E-state index in [2.05, 4.69) is 9.97 Å². The van der Waals surface area contributed by atoms with Crippen LogP contribution in [0.5, 0.6) is 0 Å². The molecule has 3 N–H and O–H groups in total. The van der Waals surface area contributed by atoms with Crippen molar-refractivity contribution in [3.05, 3.63) is 18.2 Å². The zero-order chi connectivity index (χ0) is 10.9. The third kappa shape index (κ3) is 2.34. The number of alkyl halides is 2. The van der Waals surface area contributed by atoms with Gasteiger partial charge in [0.05, 0.1) is 6.04 Å². The van der Waals surface area contributed by atoms with E-state index in [9.17, 15) is 8.78 Å². The normalized spacial score (nSPS) is 23.9. The van der Waals surface area contributed by atoms with Gasteiger partial charge in [-0.2, -0.15) is 0 Å². The lowest BCUT2D eigenvalue weighted by molar-refractivity contribution is -0.0486. The summed E-state index contributed by atoms with van der Waals surface area (Å²) in [6.07, 6.45) is 4.20. The molecule has 0 amide bonds. The van der Waals surface area contributed by atoms with Gasteiger partial charge in [0.1, 0.15) is 5.82 Å². The summed E-state index contributed by atoms with van der Waals surface area (Å²) in [7, 11) is 0. The molecule has 1 aliphatic carbocycles. The Bertz CT molecular complexity index is 300. The number of nitrogens with one attached hydrogen (secondary N) is 1. The summed E-state index contributed by atoms with van der Waals surface area (Å²) in [5.74, 6) is -1.67. The number of hydrogen-bond acceptors (Lipinski definition) is 2. The standard InChI is InChI=1S/C10H15F2N3/c11-10(12)3-1-7(2-4-10)8(13)9-14-5-6-15-9/h5-8H,1-4,13H2,(H,14,15)/t8-/m0/s1. The van der Waals surface area contributed by atoms with Gasteiger partial charge in [0.15, 0.2) is 0 Å². The van der Waals surface area contributed by atoms with E-state index in [-0.39, 0.29) is 24.8 Å². The van der Waals surface area contributed by atoms with Crippen molar-refractivity contribution in [1.82, 2.24) is 9.97 Å². The highest BCUT2D eigenvalue weighted by Crippen LogP contribution is 2.39. The molecule has 3 nitrogen and oxygen atoms in total. The zero-order valence-corrected chi connectivity index (χ0v) is 8.42. The fraction of sp³-hybridized carbons (Fsp3) is 0.700. The monoisotopic (exact) mass is 215 g/mol. The van der Waals surface area contributed by atoms with E-state index < -0.39 is 5.92 Å². The molecule has 1 heterocycles. The highest BCUT2D eigenvalue weighted by atomic mass is 19.3. The molecule has 84 valence electrons. The Morgan fingerprint density at radius 1 is 1.47 bits per heavy atom. The minimum atomic E-state index is -2.49. The molecule has 0 unspecified atom stereocenters. The van der Waals surface area contributed by atoms with Gasteiger partial charge in [-0.15, -0.1) is 0 Å². The van der Waals surface area contributed by atoms with Gasteiger partial charge in [-0.1, -0.05) is 0 Å². The van der Waals surface area contributed by atoms with Crippen LogP contribution in [0.2, 0.25) is 0 Å². The number of imidazole rings is 1. The Morgan fingerprint density at radius 2 is 2.13 bits per heavy atom. The lowest BCUT2D eigenvalue weighted by atomic mass is 9.82. The van der Waals surface area contributed by atoms with Gasteiger partial charge in [-0.05, 0) is 18.8 Å². The second-order valence-electron chi connectivity index (χ2n) is 4.19. The minimum absolute atomic E-state index is 0.0495. The molecule has 0 aliphatic heterocycles. The molecule has 1 saturated carbocycles. The molecule has 5 heteroatoms. The summed E-state index contributed by atoms with van der Waals surface area (Å²) in [6, 6.07) is -0.240. The number of H-pyrrole nitrogens is 1. The third-order valence-electron chi connectivity index (χ3n) is 3.10. The Labute approximate surface area is 87.1 Å². The molecular weight excluding hydrogens is 200 g/mol. The summed E-state index contributed by atoms with van der Waals surface area (Å²) < 4.78 is 25.8. The lowest BCUT2D eigenvalue weighted by Crippen LogP contribution is -2.31. The van der Waals surface area contributed by atoms with Crippen LogP contribution >= 0.6 is 0 Å². The summed E-state index contributed by atoms with van der Waals surface area (Å²) in [6.45, 7) is 0. The maximum Gasteiger partial charge on any atom is 0.248 e. The predicted octanol–water partition coefficient (Wildman–Crippen LogP) is 2.24. The molecular formula is C10H15F2N3. The van der Waals surface area contributed by atoms with Crippen LogP contribution in [0.25, 0.3) is 0 Å². The van der Waals surface area contributed by atoms with Gasteiger partial charge in [0, 0.05) is 25.2 Å². The van der Waals surface area contributed by atoms with Crippen molar-refractivity contribution in [2.24, 2.45) is 11.7 Å². The topological polar surface area (TPSA) is 54.7 Å². The number of rotatable bonds is 2. The number of aromatic amines is 1. The summed E-state index contributed by atoms with van der Waals surface area (Å²) in [5.41, 5.74) is 5.96. The van der Waals surface area contributed by atoms with Crippen LogP contribution < -0.4 is 5.73 Å². The number of hydrogen-bond donors (Lipinski definition) is 2. The molecule has 0 aromatic carbocycles. The van der Waals surface area contributed by atoms with Crippen LogP contribution in [0, 0.1) is 5.92 Å². The van der Waals surface area contributed by atoms with E-state index >= 15 is 0 Å². The van der Waals surface area contributed by atoms with Gasteiger partial charge in [-0.25, -0.2) is 13.8 Å². The number of nitrogens with zero attached hydrogens (tertiary/aromatic N) is 1. The van der Waals surface area contributed by atoms with Gasteiger partial charge in [0.2, 0.25) is 5.92 Å². The molecule has 1 atom stereocenters. The number of aromatic nitrogens is 2. The summed E-state index contributed by atoms with van der Waals surface area (Å²) in [4.78, 5) is 6.99. The van der Waals surface area contributed by atoms with Crippen LogP contribution in [-0.2, 0) is 0 Å². The molecule has 1 fully saturated rings. The largest absolute Gasteiger partial charge is 0.347 e. The van der Waals surface area contributed by atoms with Crippen molar-refractivity contribution < 1.29 is 8.78 Å². The molecule has 0 radical (unpaired) electrons. The maximum atomic E-state index is 12.9. The van der Waals surface area contributed by atoms with Crippen molar-refractivity contribution >= 4 is 0 Å². The molecule has 0 spiro atoms. The fourth-order valence-electron chi connectivity index (χ4n) is 2.10. The van der Waals surface area contributed by atoms with E-state index in [4.69, 9.17) is 5.73 Å². The lowest BCUT2D eigenvalue weighted by Gasteiger charge is -2.31. The van der Waals surface area contributed by atoms with E-state index in [0.717, 1.165) is 0 Å². The number of nitrogens with two attached hydrogens (primary N) is 1.